The maximum atomic E-state index is 11.8. The van der Waals surface area contributed by atoms with Crippen molar-refractivity contribution in [3.8, 4) is 11.5 Å². The molecule has 0 aliphatic rings. The highest BCUT2D eigenvalue weighted by Gasteiger charge is 2.19. The van der Waals surface area contributed by atoms with E-state index >= 15 is 0 Å². The number of amides is 1. The van der Waals surface area contributed by atoms with E-state index in [1.54, 1.807) is 25.2 Å². The normalized spacial score (nSPS) is 11.0. The van der Waals surface area contributed by atoms with Crippen LogP contribution in [-0.2, 0) is 11.3 Å². The summed E-state index contributed by atoms with van der Waals surface area (Å²) in [5.41, 5.74) is 0.277. The smallest absolute Gasteiger partial charge is 0.410 e. The number of carbonyl (C=O) groups excluding carboxylic acids is 1. The monoisotopic (exact) mass is 267 g/mol. The Morgan fingerprint density at radius 1 is 1.37 bits per heavy atom. The Hall–Kier alpha value is -1.91. The molecule has 19 heavy (non-hydrogen) atoms. The molecule has 1 aromatic rings. The minimum absolute atomic E-state index is 0.0533. The van der Waals surface area contributed by atoms with Crippen LogP contribution in [0.15, 0.2) is 18.2 Å². The van der Waals surface area contributed by atoms with Crippen LogP contribution in [0.4, 0.5) is 4.79 Å². The standard InChI is InChI=1S/C14H21NO4/c1-14(2,3)19-13(17)15(4)9-10-6-7-12(18-5)11(16)8-10/h6-8,16H,9H2,1-5H3. The fourth-order valence-electron chi connectivity index (χ4n) is 1.51. The largest absolute Gasteiger partial charge is 0.504 e. The number of rotatable bonds is 3. The molecule has 0 aliphatic heterocycles. The molecule has 0 bridgehead atoms. The number of hydrogen-bond acceptors (Lipinski definition) is 4. The van der Waals surface area contributed by atoms with Crippen molar-refractivity contribution in [2.45, 2.75) is 32.9 Å². The quantitative estimate of drug-likeness (QED) is 0.914. The van der Waals surface area contributed by atoms with Crippen molar-refractivity contribution in [1.82, 2.24) is 4.90 Å². The van der Waals surface area contributed by atoms with Gasteiger partial charge in [0.2, 0.25) is 0 Å². The molecule has 0 saturated carbocycles. The minimum Gasteiger partial charge on any atom is -0.504 e. The van der Waals surface area contributed by atoms with Gasteiger partial charge in [-0.2, -0.15) is 0 Å². The first-order valence-corrected chi connectivity index (χ1v) is 6.03. The van der Waals surface area contributed by atoms with Crippen LogP contribution < -0.4 is 4.74 Å². The molecule has 5 heteroatoms. The fourth-order valence-corrected chi connectivity index (χ4v) is 1.51. The summed E-state index contributed by atoms with van der Waals surface area (Å²) in [6.45, 7) is 5.81. The molecule has 1 rings (SSSR count). The van der Waals surface area contributed by atoms with Crippen LogP contribution >= 0.6 is 0 Å². The van der Waals surface area contributed by atoms with Crippen LogP contribution in [0, 0.1) is 0 Å². The molecule has 0 aliphatic carbocycles. The Labute approximate surface area is 113 Å². The van der Waals surface area contributed by atoms with Gasteiger partial charge in [0, 0.05) is 13.6 Å². The fraction of sp³-hybridized carbons (Fsp3) is 0.500. The number of nitrogens with zero attached hydrogens (tertiary/aromatic N) is 1. The average Bonchev–Trinajstić information content (AvgIpc) is 2.27. The van der Waals surface area contributed by atoms with Gasteiger partial charge in [-0.1, -0.05) is 6.07 Å². The van der Waals surface area contributed by atoms with Gasteiger partial charge in [-0.25, -0.2) is 4.79 Å². The predicted octanol–water partition coefficient (Wildman–Crippen LogP) is 2.77. The zero-order valence-corrected chi connectivity index (χ0v) is 12.1. The summed E-state index contributed by atoms with van der Waals surface area (Å²) < 4.78 is 10.2. The second-order valence-corrected chi connectivity index (χ2v) is 5.34. The molecule has 0 unspecified atom stereocenters. The molecule has 1 amide bonds. The number of hydrogen-bond donors (Lipinski definition) is 1. The molecule has 106 valence electrons. The number of aromatic hydroxyl groups is 1. The third-order valence-electron chi connectivity index (χ3n) is 2.37. The van der Waals surface area contributed by atoms with Crippen molar-refractivity contribution >= 4 is 6.09 Å². The van der Waals surface area contributed by atoms with Crippen molar-refractivity contribution in [2.24, 2.45) is 0 Å². The zero-order chi connectivity index (χ0) is 14.6. The van der Waals surface area contributed by atoms with Gasteiger partial charge in [0.25, 0.3) is 0 Å². The third-order valence-corrected chi connectivity index (χ3v) is 2.37. The van der Waals surface area contributed by atoms with E-state index in [0.29, 0.717) is 12.3 Å². The van der Waals surface area contributed by atoms with Crippen LogP contribution in [0.1, 0.15) is 26.3 Å². The molecule has 5 nitrogen and oxygen atoms in total. The third kappa shape index (κ3) is 4.69. The summed E-state index contributed by atoms with van der Waals surface area (Å²) in [5, 5.41) is 9.67. The summed E-state index contributed by atoms with van der Waals surface area (Å²) >= 11 is 0. The molecule has 0 spiro atoms. The maximum Gasteiger partial charge on any atom is 0.410 e. The first-order chi connectivity index (χ1) is 8.73. The van der Waals surface area contributed by atoms with Crippen LogP contribution in [0.3, 0.4) is 0 Å². The summed E-state index contributed by atoms with van der Waals surface area (Å²) in [7, 11) is 3.14. The van der Waals surface area contributed by atoms with Gasteiger partial charge in [0.05, 0.1) is 7.11 Å². The molecule has 0 fully saturated rings. The van der Waals surface area contributed by atoms with Gasteiger partial charge in [0.15, 0.2) is 11.5 Å². The Morgan fingerprint density at radius 2 is 2.00 bits per heavy atom. The van der Waals surface area contributed by atoms with Crippen molar-refractivity contribution in [1.29, 1.82) is 0 Å². The summed E-state index contributed by atoms with van der Waals surface area (Å²) in [4.78, 5) is 13.2. The van der Waals surface area contributed by atoms with Crippen LogP contribution in [0.2, 0.25) is 0 Å². The minimum atomic E-state index is -0.520. The molecule has 0 radical (unpaired) electrons. The van der Waals surface area contributed by atoms with Crippen LogP contribution in [0.5, 0.6) is 11.5 Å². The van der Waals surface area contributed by atoms with E-state index in [9.17, 15) is 9.90 Å². The van der Waals surface area contributed by atoms with E-state index in [-0.39, 0.29) is 5.75 Å². The lowest BCUT2D eigenvalue weighted by Crippen LogP contribution is -2.33. The van der Waals surface area contributed by atoms with Crippen LogP contribution in [-0.4, -0.2) is 35.9 Å². The van der Waals surface area contributed by atoms with E-state index in [2.05, 4.69) is 0 Å². The van der Waals surface area contributed by atoms with E-state index in [1.807, 2.05) is 20.8 Å². The Morgan fingerprint density at radius 3 is 2.47 bits per heavy atom. The van der Waals surface area contributed by atoms with E-state index in [4.69, 9.17) is 9.47 Å². The maximum absolute atomic E-state index is 11.8. The second kappa shape index (κ2) is 5.82. The number of ether oxygens (including phenoxy) is 2. The van der Waals surface area contributed by atoms with Crippen molar-refractivity contribution < 1.29 is 19.4 Å². The summed E-state index contributed by atoms with van der Waals surface area (Å²) in [6.07, 6.45) is -0.400. The summed E-state index contributed by atoms with van der Waals surface area (Å²) in [5.74, 6) is 0.459. The number of carbonyl (C=O) groups is 1. The highest BCUT2D eigenvalue weighted by atomic mass is 16.6. The van der Waals surface area contributed by atoms with Crippen molar-refractivity contribution in [3.05, 3.63) is 23.8 Å². The first-order valence-electron chi connectivity index (χ1n) is 6.03. The highest BCUT2D eigenvalue weighted by molar-refractivity contribution is 5.67. The lowest BCUT2D eigenvalue weighted by molar-refractivity contribution is 0.0285. The molecule has 0 aromatic heterocycles. The SMILES string of the molecule is COc1ccc(CN(C)C(=O)OC(C)(C)C)cc1O. The lowest BCUT2D eigenvalue weighted by Gasteiger charge is -2.24. The van der Waals surface area contributed by atoms with E-state index < -0.39 is 11.7 Å². The van der Waals surface area contributed by atoms with Gasteiger partial charge in [-0.3, -0.25) is 0 Å². The number of phenolic OH excluding ortho intramolecular Hbond substituents is 1. The Bertz CT molecular complexity index is 451. The number of benzene rings is 1. The molecule has 0 atom stereocenters. The second-order valence-electron chi connectivity index (χ2n) is 5.34. The van der Waals surface area contributed by atoms with Gasteiger partial charge < -0.3 is 19.5 Å². The zero-order valence-electron chi connectivity index (χ0n) is 12.1. The molecule has 1 aromatic carbocycles. The topological polar surface area (TPSA) is 59.0 Å². The molecular formula is C14H21NO4. The highest BCUT2D eigenvalue weighted by Crippen LogP contribution is 2.26. The Balaban J connectivity index is 2.69. The van der Waals surface area contributed by atoms with Gasteiger partial charge in [0.1, 0.15) is 5.60 Å². The molecule has 1 N–H and O–H groups in total. The Kier molecular flexibility index (Phi) is 4.64. The van der Waals surface area contributed by atoms with E-state index in [0.717, 1.165) is 5.56 Å². The van der Waals surface area contributed by atoms with Crippen LogP contribution in [0.25, 0.3) is 0 Å². The molecule has 0 heterocycles. The van der Waals surface area contributed by atoms with Crippen molar-refractivity contribution in [3.63, 3.8) is 0 Å². The van der Waals surface area contributed by atoms with Gasteiger partial charge in [-0.05, 0) is 38.5 Å². The van der Waals surface area contributed by atoms with Gasteiger partial charge >= 0.3 is 6.09 Å². The molecular weight excluding hydrogens is 246 g/mol. The number of methoxy groups -OCH3 is 1. The molecule has 0 saturated heterocycles. The van der Waals surface area contributed by atoms with Gasteiger partial charge in [-0.15, -0.1) is 0 Å². The number of phenols is 1. The first kappa shape index (κ1) is 15.1. The lowest BCUT2D eigenvalue weighted by atomic mass is 10.2. The van der Waals surface area contributed by atoms with Crippen molar-refractivity contribution in [2.75, 3.05) is 14.2 Å². The summed E-state index contributed by atoms with van der Waals surface area (Å²) in [6, 6.07) is 5.02. The average molecular weight is 267 g/mol. The predicted molar refractivity (Wildman–Crippen MR) is 72.4 cm³/mol. The van der Waals surface area contributed by atoms with E-state index in [1.165, 1.54) is 12.0 Å².